The minimum Gasteiger partial charge on any atom is -0.496 e. The van der Waals surface area contributed by atoms with Gasteiger partial charge in [0.25, 0.3) is 5.69 Å². The molecule has 9 nitrogen and oxygen atoms in total. The number of ether oxygens (including phenoxy) is 1. The van der Waals surface area contributed by atoms with Gasteiger partial charge in [0, 0.05) is 24.1 Å². The highest BCUT2D eigenvalue weighted by molar-refractivity contribution is 7.80. The van der Waals surface area contributed by atoms with Gasteiger partial charge in [0.15, 0.2) is 5.11 Å². The van der Waals surface area contributed by atoms with Crippen LogP contribution in [0, 0.1) is 24.0 Å². The van der Waals surface area contributed by atoms with Gasteiger partial charge in [-0.25, -0.2) is 0 Å². The lowest BCUT2D eigenvalue weighted by atomic mass is 9.97. The maximum atomic E-state index is 11.8. The molecule has 0 radical (unpaired) electrons. The zero-order chi connectivity index (χ0) is 23.7. The van der Waals surface area contributed by atoms with E-state index in [-0.39, 0.29) is 24.4 Å². The molecule has 1 aromatic carbocycles. The normalized spacial score (nSPS) is 17.8. The van der Waals surface area contributed by atoms with Crippen molar-refractivity contribution in [2.24, 2.45) is 0 Å². The molecule has 1 fully saturated rings. The van der Waals surface area contributed by atoms with Gasteiger partial charge in [-0.1, -0.05) is 6.07 Å². The summed E-state index contributed by atoms with van der Waals surface area (Å²) in [6.07, 6.45) is 1.73. The third-order valence-corrected chi connectivity index (χ3v) is 6.30. The molecule has 0 unspecified atom stereocenters. The molecule has 172 valence electrons. The van der Waals surface area contributed by atoms with Gasteiger partial charge in [-0.3, -0.25) is 15.1 Å². The number of aliphatic hydroxyl groups is 1. The van der Waals surface area contributed by atoms with Crippen molar-refractivity contribution in [1.82, 2.24) is 19.8 Å². The van der Waals surface area contributed by atoms with Crippen LogP contribution in [0.1, 0.15) is 34.7 Å². The van der Waals surface area contributed by atoms with Crippen LogP contribution in [0.25, 0.3) is 5.69 Å². The molecule has 0 bridgehead atoms. The average Bonchev–Trinajstić information content (AvgIpc) is 3.29. The van der Waals surface area contributed by atoms with Crippen molar-refractivity contribution in [3.05, 3.63) is 81.4 Å². The lowest BCUT2D eigenvalue weighted by Crippen LogP contribution is -2.32. The summed E-state index contributed by atoms with van der Waals surface area (Å²) in [6.45, 7) is 4.14. The van der Waals surface area contributed by atoms with Crippen LogP contribution in [0.5, 0.6) is 5.75 Å². The number of aliphatic hydroxyl groups excluding tert-OH is 1. The topological polar surface area (TPSA) is 106 Å². The number of rotatable bonds is 7. The van der Waals surface area contributed by atoms with E-state index in [9.17, 15) is 15.2 Å². The van der Waals surface area contributed by atoms with Crippen LogP contribution in [0.15, 0.2) is 48.7 Å². The molecule has 1 aliphatic rings. The Morgan fingerprint density at radius 1 is 1.27 bits per heavy atom. The van der Waals surface area contributed by atoms with Crippen molar-refractivity contribution in [2.45, 2.75) is 25.9 Å². The summed E-state index contributed by atoms with van der Waals surface area (Å²) in [5.41, 5.74) is 3.88. The molecule has 1 saturated heterocycles. The highest BCUT2D eigenvalue weighted by Crippen LogP contribution is 2.42. The van der Waals surface area contributed by atoms with E-state index in [0.717, 1.165) is 22.6 Å². The summed E-state index contributed by atoms with van der Waals surface area (Å²) < 4.78 is 7.06. The highest BCUT2D eigenvalue weighted by Gasteiger charge is 2.41. The number of methoxy groups -OCH3 is 1. The van der Waals surface area contributed by atoms with Crippen molar-refractivity contribution in [2.75, 3.05) is 20.3 Å². The fourth-order valence-corrected chi connectivity index (χ4v) is 4.85. The Labute approximate surface area is 196 Å². The first-order chi connectivity index (χ1) is 15.9. The SMILES string of the molecule is COc1ccc(-n2c(C)cc([C@@H]3[C@H](c4ccccn4)NC(=S)N3CCO)c2C)c([N+](=O)[O-])c1. The fourth-order valence-electron chi connectivity index (χ4n) is 4.52. The van der Waals surface area contributed by atoms with E-state index in [1.54, 1.807) is 18.3 Å². The number of nitrogens with zero attached hydrogens (tertiary/aromatic N) is 4. The third kappa shape index (κ3) is 4.03. The molecule has 2 atom stereocenters. The highest BCUT2D eigenvalue weighted by atomic mass is 32.1. The number of thiocarbonyl (C=S) groups is 1. The van der Waals surface area contributed by atoms with Crippen LogP contribution in [0.2, 0.25) is 0 Å². The number of nitro groups is 1. The molecule has 1 aliphatic heterocycles. The Morgan fingerprint density at radius 3 is 2.70 bits per heavy atom. The second kappa shape index (κ2) is 9.16. The molecule has 2 aromatic heterocycles. The first-order valence-corrected chi connectivity index (χ1v) is 10.9. The second-order valence-corrected chi connectivity index (χ2v) is 8.20. The van der Waals surface area contributed by atoms with Gasteiger partial charge in [0.05, 0.1) is 42.5 Å². The van der Waals surface area contributed by atoms with Gasteiger partial charge in [-0.05, 0) is 62.0 Å². The second-order valence-electron chi connectivity index (χ2n) is 7.82. The number of nitro benzene ring substituents is 1. The number of aryl methyl sites for hydroxylation is 1. The number of aromatic nitrogens is 2. The molecule has 10 heteroatoms. The Hall–Kier alpha value is -3.50. The van der Waals surface area contributed by atoms with Crippen molar-refractivity contribution >= 4 is 23.0 Å². The fraction of sp³-hybridized carbons (Fsp3) is 0.304. The standard InChI is InChI=1S/C23H25N5O4S/c1-14-12-17(15(2)27(14)19-8-7-16(32-3)13-20(19)28(30)31)22-21(18-6-4-5-9-24-18)25-23(33)26(22)10-11-29/h4-9,12-13,21-22,29H,10-11H2,1-3H3,(H,25,33)/t21-,22+/m0/s1. The summed E-state index contributed by atoms with van der Waals surface area (Å²) in [5, 5.41) is 25.4. The number of hydrogen-bond donors (Lipinski definition) is 2. The van der Waals surface area contributed by atoms with Gasteiger partial charge in [-0.2, -0.15) is 0 Å². The van der Waals surface area contributed by atoms with Crippen LogP contribution < -0.4 is 10.1 Å². The smallest absolute Gasteiger partial charge is 0.296 e. The predicted octanol–water partition coefficient (Wildman–Crippen LogP) is 3.37. The number of nitrogens with one attached hydrogen (secondary N) is 1. The van der Waals surface area contributed by atoms with Crippen molar-refractivity contribution < 1.29 is 14.8 Å². The molecular formula is C23H25N5O4S. The lowest BCUT2D eigenvalue weighted by Gasteiger charge is -2.27. The van der Waals surface area contributed by atoms with E-state index in [2.05, 4.69) is 10.3 Å². The molecule has 0 amide bonds. The lowest BCUT2D eigenvalue weighted by molar-refractivity contribution is -0.384. The van der Waals surface area contributed by atoms with Crippen LogP contribution in [0.4, 0.5) is 5.69 Å². The number of hydrogen-bond acceptors (Lipinski definition) is 6. The summed E-state index contributed by atoms with van der Waals surface area (Å²) in [7, 11) is 1.48. The molecule has 0 saturated carbocycles. The first kappa shape index (κ1) is 22.7. The van der Waals surface area contributed by atoms with E-state index in [4.69, 9.17) is 17.0 Å². The summed E-state index contributed by atoms with van der Waals surface area (Å²) in [6, 6.07) is 12.1. The van der Waals surface area contributed by atoms with E-state index >= 15 is 0 Å². The first-order valence-electron chi connectivity index (χ1n) is 10.5. The number of β-amino-alcohol motifs (C(OH)–C–C–N with tert-alkyl or cyclic N) is 1. The van der Waals surface area contributed by atoms with Crippen LogP contribution in [-0.4, -0.2) is 49.9 Å². The van der Waals surface area contributed by atoms with Crippen LogP contribution in [0.3, 0.4) is 0 Å². The molecule has 2 N–H and O–H groups in total. The maximum Gasteiger partial charge on any atom is 0.296 e. The Bertz CT molecular complexity index is 1200. The molecule has 3 aromatic rings. The molecule has 4 rings (SSSR count). The molecule has 3 heterocycles. The minimum absolute atomic E-state index is 0.0451. The number of benzene rings is 1. The quantitative estimate of drug-likeness (QED) is 0.310. The van der Waals surface area contributed by atoms with E-state index < -0.39 is 4.92 Å². The van der Waals surface area contributed by atoms with E-state index in [0.29, 0.717) is 23.1 Å². The summed E-state index contributed by atoms with van der Waals surface area (Å²) in [4.78, 5) is 17.9. The van der Waals surface area contributed by atoms with Crippen molar-refractivity contribution in [3.63, 3.8) is 0 Å². The summed E-state index contributed by atoms with van der Waals surface area (Å²) in [5.74, 6) is 0.419. The Kier molecular flexibility index (Phi) is 6.30. The van der Waals surface area contributed by atoms with Crippen LogP contribution in [-0.2, 0) is 0 Å². The monoisotopic (exact) mass is 467 g/mol. The average molecular weight is 468 g/mol. The van der Waals surface area contributed by atoms with Gasteiger partial charge >= 0.3 is 0 Å². The van der Waals surface area contributed by atoms with Gasteiger partial charge in [-0.15, -0.1) is 0 Å². The molecule has 33 heavy (non-hydrogen) atoms. The van der Waals surface area contributed by atoms with Gasteiger partial charge < -0.3 is 24.6 Å². The summed E-state index contributed by atoms with van der Waals surface area (Å²) >= 11 is 5.59. The van der Waals surface area contributed by atoms with Crippen molar-refractivity contribution in [1.29, 1.82) is 0 Å². The molecular weight excluding hydrogens is 442 g/mol. The molecule has 0 spiro atoms. The predicted molar refractivity (Wildman–Crippen MR) is 128 cm³/mol. The van der Waals surface area contributed by atoms with Gasteiger partial charge in [0.1, 0.15) is 11.4 Å². The maximum absolute atomic E-state index is 11.8. The van der Waals surface area contributed by atoms with Gasteiger partial charge in [0.2, 0.25) is 0 Å². The third-order valence-electron chi connectivity index (χ3n) is 5.95. The zero-order valence-electron chi connectivity index (χ0n) is 18.6. The largest absolute Gasteiger partial charge is 0.496 e. The van der Waals surface area contributed by atoms with Crippen LogP contribution >= 0.6 is 12.2 Å². The Balaban J connectivity index is 1.87. The van der Waals surface area contributed by atoms with E-state index in [1.807, 2.05) is 47.6 Å². The Morgan fingerprint density at radius 2 is 2.06 bits per heavy atom. The minimum atomic E-state index is -0.405. The van der Waals surface area contributed by atoms with Crippen molar-refractivity contribution in [3.8, 4) is 11.4 Å². The zero-order valence-corrected chi connectivity index (χ0v) is 19.4. The molecule has 0 aliphatic carbocycles. The van der Waals surface area contributed by atoms with E-state index in [1.165, 1.54) is 13.2 Å². The number of pyridine rings is 1.